The third-order valence-electron chi connectivity index (χ3n) is 3.73. The molecule has 2 aliphatic rings. The van der Waals surface area contributed by atoms with Gasteiger partial charge in [0.05, 0.1) is 0 Å². The summed E-state index contributed by atoms with van der Waals surface area (Å²) in [7, 11) is 0. The molecule has 0 N–H and O–H groups in total. The van der Waals surface area contributed by atoms with Gasteiger partial charge < -0.3 is 0 Å². The Kier molecular flexibility index (Phi) is 18.9. The van der Waals surface area contributed by atoms with Gasteiger partial charge in [-0.25, -0.2) is 23.3 Å². The van der Waals surface area contributed by atoms with E-state index in [2.05, 4.69) is 64.2 Å². The maximum Gasteiger partial charge on any atom is 2.00 e. The summed E-state index contributed by atoms with van der Waals surface area (Å²) in [6.07, 6.45) is 19.9. The SMILES string of the molecule is CCC(C)C1=[C-]CC=C1.CCC(C)C1=[C-]CC=C1.Cl.Cl.[Ti+2]. The van der Waals surface area contributed by atoms with Gasteiger partial charge in [0.1, 0.15) is 0 Å². The van der Waals surface area contributed by atoms with Gasteiger partial charge in [-0.15, -0.1) is 37.7 Å². The zero-order chi connectivity index (χ0) is 13.4. The first-order chi connectivity index (χ1) is 8.69. The first kappa shape index (κ1) is 26.2. The van der Waals surface area contributed by atoms with Gasteiger partial charge in [-0.05, 0) is 0 Å². The predicted molar refractivity (Wildman–Crippen MR) is 94.4 cm³/mol. The summed E-state index contributed by atoms with van der Waals surface area (Å²) in [6, 6.07) is 0. The molecule has 0 aliphatic heterocycles. The van der Waals surface area contributed by atoms with E-state index in [1.54, 1.807) is 0 Å². The van der Waals surface area contributed by atoms with E-state index in [0.29, 0.717) is 11.8 Å². The normalized spacial score (nSPS) is 17.1. The van der Waals surface area contributed by atoms with E-state index >= 15 is 0 Å². The molecule has 3 heteroatoms. The summed E-state index contributed by atoms with van der Waals surface area (Å²) in [5, 5.41) is 0. The van der Waals surface area contributed by atoms with Crippen molar-refractivity contribution >= 4 is 24.8 Å². The maximum absolute atomic E-state index is 3.31. The van der Waals surface area contributed by atoms with Crippen LogP contribution in [0.2, 0.25) is 0 Å². The van der Waals surface area contributed by atoms with Gasteiger partial charge in [0.25, 0.3) is 0 Å². The van der Waals surface area contributed by atoms with E-state index in [-0.39, 0.29) is 46.5 Å². The zero-order valence-electron chi connectivity index (χ0n) is 13.6. The summed E-state index contributed by atoms with van der Waals surface area (Å²) in [6.45, 7) is 8.92. The third-order valence-corrected chi connectivity index (χ3v) is 3.73. The molecular formula is C18H28Cl2Ti. The Balaban J connectivity index is -0.000000270. The Morgan fingerprint density at radius 2 is 1.19 bits per heavy atom. The molecule has 0 radical (unpaired) electrons. The van der Waals surface area contributed by atoms with Crippen molar-refractivity contribution in [3.05, 3.63) is 47.6 Å². The van der Waals surface area contributed by atoms with Crippen molar-refractivity contribution < 1.29 is 21.7 Å². The smallest absolute Gasteiger partial charge is 0.269 e. The molecule has 0 saturated heterocycles. The molecule has 0 aromatic carbocycles. The van der Waals surface area contributed by atoms with E-state index in [1.807, 2.05) is 0 Å². The molecule has 2 unspecified atom stereocenters. The van der Waals surface area contributed by atoms with Crippen LogP contribution in [-0.4, -0.2) is 0 Å². The molecule has 118 valence electrons. The fraction of sp³-hybridized carbons (Fsp3) is 0.556. The Labute approximate surface area is 158 Å². The second-order valence-electron chi connectivity index (χ2n) is 5.10. The summed E-state index contributed by atoms with van der Waals surface area (Å²) < 4.78 is 0. The molecule has 2 rings (SSSR count). The topological polar surface area (TPSA) is 0 Å². The minimum atomic E-state index is 0. The fourth-order valence-electron chi connectivity index (χ4n) is 1.96. The van der Waals surface area contributed by atoms with Crippen LogP contribution in [0.1, 0.15) is 53.4 Å². The van der Waals surface area contributed by atoms with Crippen LogP contribution in [-0.2, 0) is 21.7 Å². The Morgan fingerprint density at radius 3 is 1.38 bits per heavy atom. The standard InChI is InChI=1S/2C9H13.2ClH.Ti/c2*1-3-8(2)9-6-4-5-7-9;;;/h2*4,6,8H,3,5H2,1-2H3;2*1H;/q2*-1;;;+2. The third kappa shape index (κ3) is 9.79. The van der Waals surface area contributed by atoms with Crippen LogP contribution in [0, 0.1) is 24.0 Å². The van der Waals surface area contributed by atoms with Gasteiger partial charge in [0, 0.05) is 0 Å². The van der Waals surface area contributed by atoms with Crippen molar-refractivity contribution in [1.29, 1.82) is 0 Å². The number of rotatable bonds is 4. The second kappa shape index (κ2) is 15.2. The van der Waals surface area contributed by atoms with Crippen LogP contribution >= 0.6 is 24.8 Å². The average Bonchev–Trinajstić information content (AvgIpc) is 3.09. The average molecular weight is 363 g/mol. The van der Waals surface area contributed by atoms with Crippen LogP contribution in [0.3, 0.4) is 0 Å². The van der Waals surface area contributed by atoms with Gasteiger partial charge >= 0.3 is 21.7 Å². The molecule has 0 saturated carbocycles. The quantitative estimate of drug-likeness (QED) is 0.407. The van der Waals surface area contributed by atoms with Gasteiger partial charge in [-0.3, -0.25) is 12.2 Å². The maximum atomic E-state index is 3.31. The second-order valence-corrected chi connectivity index (χ2v) is 5.10. The molecule has 21 heavy (non-hydrogen) atoms. The van der Waals surface area contributed by atoms with E-state index in [1.165, 1.54) is 24.0 Å². The Morgan fingerprint density at radius 1 is 0.857 bits per heavy atom. The van der Waals surface area contributed by atoms with Gasteiger partial charge in [-0.1, -0.05) is 52.4 Å². The molecule has 0 fully saturated rings. The molecular weight excluding hydrogens is 335 g/mol. The van der Waals surface area contributed by atoms with Crippen LogP contribution in [0.15, 0.2) is 35.5 Å². The summed E-state index contributed by atoms with van der Waals surface area (Å²) in [5.74, 6) is 1.42. The number of halogens is 2. The first-order valence-corrected chi connectivity index (χ1v) is 7.23. The van der Waals surface area contributed by atoms with Gasteiger partial charge in [0.2, 0.25) is 0 Å². The van der Waals surface area contributed by atoms with Crippen molar-refractivity contribution in [2.75, 3.05) is 0 Å². The first-order valence-electron chi connectivity index (χ1n) is 7.23. The van der Waals surface area contributed by atoms with Gasteiger partial charge in [-0.2, -0.15) is 12.2 Å². The predicted octanol–water partition coefficient (Wildman–Crippen LogP) is 6.29. The van der Waals surface area contributed by atoms with Crippen molar-refractivity contribution in [3.63, 3.8) is 0 Å². The molecule has 2 aliphatic carbocycles. The van der Waals surface area contributed by atoms with Crippen LogP contribution in [0.5, 0.6) is 0 Å². The van der Waals surface area contributed by atoms with Crippen LogP contribution in [0.4, 0.5) is 0 Å². The summed E-state index contributed by atoms with van der Waals surface area (Å²) >= 11 is 0. The Hall–Kier alpha value is 0.254. The number of hydrogen-bond acceptors (Lipinski definition) is 0. The molecule has 2 atom stereocenters. The van der Waals surface area contributed by atoms with Crippen LogP contribution < -0.4 is 0 Å². The van der Waals surface area contributed by atoms with Crippen LogP contribution in [0.25, 0.3) is 0 Å². The van der Waals surface area contributed by atoms with E-state index in [4.69, 9.17) is 0 Å². The fourth-order valence-corrected chi connectivity index (χ4v) is 1.96. The largest absolute Gasteiger partial charge is 2.00 e. The zero-order valence-corrected chi connectivity index (χ0v) is 16.8. The van der Waals surface area contributed by atoms with Gasteiger partial charge in [0.15, 0.2) is 0 Å². The molecule has 0 amide bonds. The molecule has 0 nitrogen and oxygen atoms in total. The van der Waals surface area contributed by atoms with Crippen molar-refractivity contribution in [3.8, 4) is 0 Å². The minimum Gasteiger partial charge on any atom is -0.269 e. The number of allylic oxidation sites excluding steroid dienone is 8. The van der Waals surface area contributed by atoms with Crippen molar-refractivity contribution in [2.45, 2.75) is 53.4 Å². The summed E-state index contributed by atoms with van der Waals surface area (Å²) in [4.78, 5) is 0. The monoisotopic (exact) mass is 362 g/mol. The molecule has 0 aromatic heterocycles. The molecule has 0 bridgehead atoms. The Bertz CT molecular complexity index is 331. The minimum absolute atomic E-state index is 0. The van der Waals surface area contributed by atoms with Crippen molar-refractivity contribution in [1.82, 2.24) is 0 Å². The van der Waals surface area contributed by atoms with E-state index < -0.39 is 0 Å². The van der Waals surface area contributed by atoms with Crippen molar-refractivity contribution in [2.24, 2.45) is 11.8 Å². The summed E-state index contributed by atoms with van der Waals surface area (Å²) in [5.41, 5.74) is 2.80. The molecule has 0 aromatic rings. The number of hydrogen-bond donors (Lipinski definition) is 0. The van der Waals surface area contributed by atoms with E-state index in [9.17, 15) is 0 Å². The molecule has 0 spiro atoms. The molecule has 0 heterocycles. The van der Waals surface area contributed by atoms with E-state index in [0.717, 1.165) is 12.8 Å².